The largest absolute Gasteiger partial charge is 0.383 e. The number of benzene rings is 1. The topological polar surface area (TPSA) is 33.7 Å². The number of nitrogens with one attached hydrogen (secondary N) is 1. The minimum Gasteiger partial charge on any atom is -0.383 e. The van der Waals surface area contributed by atoms with Gasteiger partial charge in [-0.15, -0.1) is 0 Å². The molecule has 1 heterocycles. The van der Waals surface area contributed by atoms with Gasteiger partial charge in [-0.2, -0.15) is 0 Å². The van der Waals surface area contributed by atoms with Gasteiger partial charge in [0, 0.05) is 45.6 Å². The van der Waals surface area contributed by atoms with Crippen LogP contribution in [0.5, 0.6) is 0 Å². The number of aryl methyl sites for hydroxylation is 1. The maximum absolute atomic E-state index is 5.51. The Balaban J connectivity index is 1.94. The number of anilines is 1. The smallest absolute Gasteiger partial charge is 0.0641 e. The maximum atomic E-state index is 5.51. The predicted octanol–water partition coefficient (Wildman–Crippen LogP) is 1.96. The Labute approximate surface area is 122 Å². The average Bonchev–Trinajstić information content (AvgIpc) is 2.74. The molecule has 0 spiro atoms. The molecule has 0 aliphatic carbocycles. The highest BCUT2D eigenvalue weighted by atomic mass is 16.5. The first-order valence-corrected chi connectivity index (χ1v) is 7.43. The van der Waals surface area contributed by atoms with Gasteiger partial charge < -0.3 is 19.7 Å². The molecule has 0 saturated carbocycles. The van der Waals surface area contributed by atoms with Gasteiger partial charge in [-0.1, -0.05) is 6.07 Å². The van der Waals surface area contributed by atoms with Gasteiger partial charge >= 0.3 is 0 Å². The zero-order valence-corrected chi connectivity index (χ0v) is 12.7. The molecule has 0 atom stereocenters. The van der Waals surface area contributed by atoms with Gasteiger partial charge in [0.05, 0.1) is 13.2 Å². The van der Waals surface area contributed by atoms with Gasteiger partial charge in [-0.05, 0) is 36.6 Å². The van der Waals surface area contributed by atoms with Crippen LogP contribution >= 0.6 is 0 Å². The van der Waals surface area contributed by atoms with Crippen molar-refractivity contribution in [3.8, 4) is 0 Å². The van der Waals surface area contributed by atoms with E-state index in [0.29, 0.717) is 0 Å². The van der Waals surface area contributed by atoms with Crippen LogP contribution in [0, 0.1) is 6.92 Å². The first-order valence-electron chi connectivity index (χ1n) is 7.43. The van der Waals surface area contributed by atoms with E-state index in [-0.39, 0.29) is 0 Å². The van der Waals surface area contributed by atoms with Gasteiger partial charge in [-0.25, -0.2) is 0 Å². The summed E-state index contributed by atoms with van der Waals surface area (Å²) in [5, 5.41) is 3.39. The summed E-state index contributed by atoms with van der Waals surface area (Å²) in [6.45, 7) is 8.53. The fourth-order valence-electron chi connectivity index (χ4n) is 2.48. The Bertz CT molecular complexity index is 401. The number of hydrogen-bond acceptors (Lipinski definition) is 4. The summed E-state index contributed by atoms with van der Waals surface area (Å²) in [7, 11) is 1.73. The molecule has 0 bridgehead atoms. The van der Waals surface area contributed by atoms with Crippen molar-refractivity contribution in [3.63, 3.8) is 0 Å². The van der Waals surface area contributed by atoms with Crippen LogP contribution in [-0.4, -0.2) is 46.6 Å². The van der Waals surface area contributed by atoms with Crippen LogP contribution in [0.1, 0.15) is 17.5 Å². The van der Waals surface area contributed by atoms with E-state index in [1.807, 2.05) is 0 Å². The third-order valence-electron chi connectivity index (χ3n) is 3.71. The second kappa shape index (κ2) is 8.25. The second-order valence-electron chi connectivity index (χ2n) is 5.23. The summed E-state index contributed by atoms with van der Waals surface area (Å²) in [4.78, 5) is 2.42. The Morgan fingerprint density at radius 3 is 3.00 bits per heavy atom. The van der Waals surface area contributed by atoms with Crippen LogP contribution in [0.3, 0.4) is 0 Å². The summed E-state index contributed by atoms with van der Waals surface area (Å²) < 4.78 is 10.6. The average molecular weight is 278 g/mol. The van der Waals surface area contributed by atoms with Crippen molar-refractivity contribution in [3.05, 3.63) is 29.3 Å². The second-order valence-corrected chi connectivity index (χ2v) is 5.23. The molecule has 112 valence electrons. The molecule has 1 aromatic rings. The van der Waals surface area contributed by atoms with Crippen LogP contribution in [0.2, 0.25) is 0 Å². The zero-order valence-electron chi connectivity index (χ0n) is 12.7. The van der Waals surface area contributed by atoms with E-state index in [1.54, 1.807) is 7.11 Å². The van der Waals surface area contributed by atoms with Gasteiger partial charge in [0.15, 0.2) is 0 Å². The Morgan fingerprint density at radius 1 is 1.30 bits per heavy atom. The van der Waals surface area contributed by atoms with Crippen LogP contribution < -0.4 is 10.2 Å². The molecule has 1 aliphatic rings. The molecule has 4 heteroatoms. The summed E-state index contributed by atoms with van der Waals surface area (Å²) in [5.41, 5.74) is 4.02. The lowest BCUT2D eigenvalue weighted by atomic mass is 10.1. The fraction of sp³-hybridized carbons (Fsp3) is 0.625. The molecule has 0 amide bonds. The van der Waals surface area contributed by atoms with E-state index in [9.17, 15) is 0 Å². The highest BCUT2D eigenvalue weighted by Crippen LogP contribution is 2.20. The molecule has 0 aromatic heterocycles. The van der Waals surface area contributed by atoms with Crippen LogP contribution in [-0.2, 0) is 16.0 Å². The molecule has 1 aromatic carbocycles. The van der Waals surface area contributed by atoms with E-state index in [4.69, 9.17) is 9.47 Å². The quantitative estimate of drug-likeness (QED) is 0.807. The fourth-order valence-corrected chi connectivity index (χ4v) is 2.48. The van der Waals surface area contributed by atoms with Gasteiger partial charge in [0.2, 0.25) is 0 Å². The van der Waals surface area contributed by atoms with Gasteiger partial charge in [0.25, 0.3) is 0 Å². The third-order valence-corrected chi connectivity index (χ3v) is 3.71. The number of ether oxygens (including phenoxy) is 2. The third kappa shape index (κ3) is 4.47. The lowest BCUT2D eigenvalue weighted by molar-refractivity contribution is 0.152. The van der Waals surface area contributed by atoms with Crippen molar-refractivity contribution in [2.24, 2.45) is 0 Å². The lowest BCUT2D eigenvalue weighted by Gasteiger charge is -2.23. The Morgan fingerprint density at radius 2 is 2.20 bits per heavy atom. The van der Waals surface area contributed by atoms with E-state index < -0.39 is 0 Å². The zero-order chi connectivity index (χ0) is 14.2. The van der Waals surface area contributed by atoms with Crippen LogP contribution in [0.25, 0.3) is 0 Å². The van der Waals surface area contributed by atoms with Crippen molar-refractivity contribution >= 4 is 5.69 Å². The molecule has 2 rings (SSSR count). The molecule has 4 nitrogen and oxygen atoms in total. The molecular weight excluding hydrogens is 252 g/mol. The molecular formula is C16H26N2O2. The minimum absolute atomic E-state index is 0.755. The molecule has 20 heavy (non-hydrogen) atoms. The van der Waals surface area contributed by atoms with Crippen molar-refractivity contribution in [2.45, 2.75) is 19.9 Å². The van der Waals surface area contributed by atoms with Crippen molar-refractivity contribution in [1.82, 2.24) is 5.32 Å². The number of methoxy groups -OCH3 is 1. The van der Waals surface area contributed by atoms with E-state index in [0.717, 1.165) is 52.4 Å². The summed E-state index contributed by atoms with van der Waals surface area (Å²) >= 11 is 0. The van der Waals surface area contributed by atoms with Gasteiger partial charge in [0.1, 0.15) is 0 Å². The maximum Gasteiger partial charge on any atom is 0.0641 e. The van der Waals surface area contributed by atoms with Gasteiger partial charge in [-0.3, -0.25) is 0 Å². The molecule has 0 radical (unpaired) electrons. The van der Waals surface area contributed by atoms with Crippen molar-refractivity contribution < 1.29 is 9.47 Å². The molecule has 1 saturated heterocycles. The number of nitrogens with zero attached hydrogens (tertiary/aromatic N) is 1. The normalized spacial score (nSPS) is 16.2. The monoisotopic (exact) mass is 278 g/mol. The van der Waals surface area contributed by atoms with E-state index >= 15 is 0 Å². The molecule has 1 aliphatic heterocycles. The van der Waals surface area contributed by atoms with Crippen molar-refractivity contribution in [2.75, 3.05) is 51.5 Å². The van der Waals surface area contributed by atoms with E-state index in [1.165, 1.54) is 16.8 Å². The number of rotatable bonds is 6. The molecule has 1 N–H and O–H groups in total. The summed E-state index contributed by atoms with van der Waals surface area (Å²) in [6, 6.07) is 6.75. The first-order chi connectivity index (χ1) is 9.81. The van der Waals surface area contributed by atoms with Crippen molar-refractivity contribution in [1.29, 1.82) is 0 Å². The molecule has 1 fully saturated rings. The number of hydrogen-bond donors (Lipinski definition) is 1. The summed E-state index contributed by atoms with van der Waals surface area (Å²) in [6.07, 6.45) is 1.11. The van der Waals surface area contributed by atoms with E-state index in [2.05, 4.69) is 35.3 Å². The predicted molar refractivity (Wildman–Crippen MR) is 82.4 cm³/mol. The molecule has 0 unspecified atom stereocenters. The standard InChI is InChI=1S/C16H26N2O2/c1-14-12-16(18-7-3-9-20-11-8-18)5-4-15(14)13-17-6-10-19-2/h4-5,12,17H,3,6-11,13H2,1-2H3. The lowest BCUT2D eigenvalue weighted by Crippen LogP contribution is -2.26. The van der Waals surface area contributed by atoms with Crippen LogP contribution in [0.15, 0.2) is 18.2 Å². The summed E-state index contributed by atoms with van der Waals surface area (Å²) in [5.74, 6) is 0. The van der Waals surface area contributed by atoms with Crippen LogP contribution in [0.4, 0.5) is 5.69 Å². The highest BCUT2D eigenvalue weighted by molar-refractivity contribution is 5.51. The first kappa shape index (κ1) is 15.3. The Kier molecular flexibility index (Phi) is 6.30. The Hall–Kier alpha value is -1.10. The highest BCUT2D eigenvalue weighted by Gasteiger charge is 2.10. The minimum atomic E-state index is 0.755. The SMILES string of the molecule is COCCNCc1ccc(N2CCCOCC2)cc1C.